The predicted octanol–water partition coefficient (Wildman–Crippen LogP) is 3.04. The minimum absolute atomic E-state index is 0.107. The van der Waals surface area contributed by atoms with Gasteiger partial charge in [-0.2, -0.15) is 0 Å². The second-order valence-corrected chi connectivity index (χ2v) is 6.81. The fourth-order valence-corrected chi connectivity index (χ4v) is 2.74. The van der Waals surface area contributed by atoms with Gasteiger partial charge in [0.15, 0.2) is 0 Å². The standard InChI is InChI=1S/C14H19N3OS/c1-14(2,3)6-8-17-13(18)12-10(15)11-9(19-12)5-4-7-16-11/h4-5,7H,6,8,15H2,1-3H3,(H,17,18). The number of rotatable bonds is 3. The minimum atomic E-state index is -0.107. The molecule has 0 spiro atoms. The van der Waals surface area contributed by atoms with Crippen LogP contribution in [0.5, 0.6) is 0 Å². The number of hydrogen-bond donors (Lipinski definition) is 2. The maximum Gasteiger partial charge on any atom is 0.263 e. The Morgan fingerprint density at radius 1 is 1.47 bits per heavy atom. The lowest BCUT2D eigenvalue weighted by Crippen LogP contribution is -2.27. The Balaban J connectivity index is 2.11. The van der Waals surface area contributed by atoms with Crippen LogP contribution in [0.2, 0.25) is 0 Å². The number of anilines is 1. The molecule has 0 bridgehead atoms. The number of amides is 1. The summed E-state index contributed by atoms with van der Waals surface area (Å²) in [7, 11) is 0. The SMILES string of the molecule is CC(C)(C)CCNC(=O)c1sc2cccnc2c1N. The monoisotopic (exact) mass is 277 g/mol. The molecular formula is C14H19N3OS. The van der Waals surface area contributed by atoms with Gasteiger partial charge >= 0.3 is 0 Å². The first-order valence-electron chi connectivity index (χ1n) is 6.30. The summed E-state index contributed by atoms with van der Waals surface area (Å²) < 4.78 is 0.945. The third kappa shape index (κ3) is 3.23. The maximum absolute atomic E-state index is 12.1. The van der Waals surface area contributed by atoms with E-state index in [9.17, 15) is 4.79 Å². The van der Waals surface area contributed by atoms with Crippen molar-refractivity contribution < 1.29 is 4.79 Å². The summed E-state index contributed by atoms with van der Waals surface area (Å²) >= 11 is 1.39. The van der Waals surface area contributed by atoms with Gasteiger partial charge in [0.1, 0.15) is 10.4 Å². The van der Waals surface area contributed by atoms with Gasteiger partial charge in [0, 0.05) is 12.7 Å². The van der Waals surface area contributed by atoms with Crippen molar-refractivity contribution in [2.75, 3.05) is 12.3 Å². The molecule has 5 heteroatoms. The fraction of sp³-hybridized carbons (Fsp3) is 0.429. The van der Waals surface area contributed by atoms with Gasteiger partial charge < -0.3 is 11.1 Å². The Kier molecular flexibility index (Phi) is 3.75. The zero-order valence-corrected chi connectivity index (χ0v) is 12.3. The van der Waals surface area contributed by atoms with Crippen molar-refractivity contribution >= 4 is 33.1 Å². The highest BCUT2D eigenvalue weighted by Gasteiger charge is 2.17. The van der Waals surface area contributed by atoms with Crippen LogP contribution >= 0.6 is 11.3 Å². The van der Waals surface area contributed by atoms with Crippen LogP contribution in [0, 0.1) is 5.41 Å². The van der Waals surface area contributed by atoms with Crippen LogP contribution in [-0.2, 0) is 0 Å². The van der Waals surface area contributed by atoms with Crippen molar-refractivity contribution in [1.82, 2.24) is 10.3 Å². The van der Waals surface area contributed by atoms with E-state index in [0.29, 0.717) is 22.6 Å². The largest absolute Gasteiger partial charge is 0.396 e. The van der Waals surface area contributed by atoms with Gasteiger partial charge in [0.25, 0.3) is 5.91 Å². The van der Waals surface area contributed by atoms with Gasteiger partial charge in [-0.25, -0.2) is 0 Å². The zero-order chi connectivity index (χ0) is 14.0. The Bertz CT molecular complexity index is 598. The van der Waals surface area contributed by atoms with Crippen molar-refractivity contribution in [3.8, 4) is 0 Å². The van der Waals surface area contributed by atoms with Crippen LogP contribution in [0.3, 0.4) is 0 Å². The number of carbonyl (C=O) groups excluding carboxylic acids is 1. The van der Waals surface area contributed by atoms with E-state index in [1.165, 1.54) is 11.3 Å². The number of nitrogens with zero attached hydrogens (tertiary/aromatic N) is 1. The molecule has 19 heavy (non-hydrogen) atoms. The molecule has 0 unspecified atom stereocenters. The molecule has 1 amide bonds. The van der Waals surface area contributed by atoms with Gasteiger partial charge in [-0.1, -0.05) is 20.8 Å². The van der Waals surface area contributed by atoms with E-state index in [2.05, 4.69) is 31.1 Å². The lowest BCUT2D eigenvalue weighted by Gasteiger charge is -2.17. The molecule has 0 aliphatic carbocycles. The highest BCUT2D eigenvalue weighted by Crippen LogP contribution is 2.31. The molecule has 0 aliphatic rings. The normalized spacial score (nSPS) is 11.7. The molecule has 3 N–H and O–H groups in total. The van der Waals surface area contributed by atoms with Gasteiger partial charge in [-0.3, -0.25) is 9.78 Å². The van der Waals surface area contributed by atoms with E-state index in [0.717, 1.165) is 11.1 Å². The fourth-order valence-electron chi connectivity index (χ4n) is 1.75. The predicted molar refractivity (Wildman–Crippen MR) is 80.4 cm³/mol. The lowest BCUT2D eigenvalue weighted by molar-refractivity contribution is 0.0954. The molecule has 102 valence electrons. The van der Waals surface area contributed by atoms with E-state index in [-0.39, 0.29) is 11.3 Å². The first-order chi connectivity index (χ1) is 8.88. The van der Waals surface area contributed by atoms with Crippen LogP contribution in [0.15, 0.2) is 18.3 Å². The number of fused-ring (bicyclic) bond motifs is 1. The van der Waals surface area contributed by atoms with Crippen molar-refractivity contribution in [3.05, 3.63) is 23.2 Å². The maximum atomic E-state index is 12.1. The first-order valence-corrected chi connectivity index (χ1v) is 7.11. The number of thiophene rings is 1. The molecular weight excluding hydrogens is 258 g/mol. The third-order valence-electron chi connectivity index (χ3n) is 2.85. The Morgan fingerprint density at radius 3 is 2.84 bits per heavy atom. The summed E-state index contributed by atoms with van der Waals surface area (Å²) in [5.41, 5.74) is 7.39. The van der Waals surface area contributed by atoms with Crippen LogP contribution < -0.4 is 11.1 Å². The van der Waals surface area contributed by atoms with Crippen molar-refractivity contribution in [2.45, 2.75) is 27.2 Å². The summed E-state index contributed by atoms with van der Waals surface area (Å²) in [6, 6.07) is 3.77. The van der Waals surface area contributed by atoms with Crippen LogP contribution in [0.4, 0.5) is 5.69 Å². The van der Waals surface area contributed by atoms with E-state index in [4.69, 9.17) is 5.73 Å². The van der Waals surface area contributed by atoms with E-state index in [1.54, 1.807) is 6.20 Å². The molecule has 2 aromatic rings. The second kappa shape index (κ2) is 5.17. The van der Waals surface area contributed by atoms with Gasteiger partial charge in [0.05, 0.1) is 10.4 Å². The average Bonchev–Trinajstić information content (AvgIpc) is 2.66. The van der Waals surface area contributed by atoms with Gasteiger partial charge in [-0.15, -0.1) is 11.3 Å². The summed E-state index contributed by atoms with van der Waals surface area (Å²) in [4.78, 5) is 16.9. The molecule has 0 saturated heterocycles. The van der Waals surface area contributed by atoms with E-state index in [1.807, 2.05) is 12.1 Å². The number of nitrogens with two attached hydrogens (primary N) is 1. The molecule has 2 aromatic heterocycles. The van der Waals surface area contributed by atoms with E-state index < -0.39 is 0 Å². The smallest absolute Gasteiger partial charge is 0.263 e. The Morgan fingerprint density at radius 2 is 2.21 bits per heavy atom. The topological polar surface area (TPSA) is 68.0 Å². The number of nitrogen functional groups attached to an aromatic ring is 1. The molecule has 2 rings (SSSR count). The van der Waals surface area contributed by atoms with Crippen LogP contribution in [0.1, 0.15) is 36.9 Å². The summed E-state index contributed by atoms with van der Waals surface area (Å²) in [5, 5.41) is 2.92. The first kappa shape index (κ1) is 13.8. The van der Waals surface area contributed by atoms with Crippen LogP contribution in [-0.4, -0.2) is 17.4 Å². The molecule has 0 aromatic carbocycles. The van der Waals surface area contributed by atoms with Crippen molar-refractivity contribution in [3.63, 3.8) is 0 Å². The van der Waals surface area contributed by atoms with E-state index >= 15 is 0 Å². The Labute approximate surface area is 117 Å². The second-order valence-electron chi connectivity index (χ2n) is 5.76. The van der Waals surface area contributed by atoms with Crippen LogP contribution in [0.25, 0.3) is 10.2 Å². The quantitative estimate of drug-likeness (QED) is 0.906. The van der Waals surface area contributed by atoms with Crippen molar-refractivity contribution in [1.29, 1.82) is 0 Å². The highest BCUT2D eigenvalue weighted by molar-refractivity contribution is 7.21. The number of hydrogen-bond acceptors (Lipinski definition) is 4. The summed E-state index contributed by atoms with van der Waals surface area (Å²) in [5.74, 6) is -0.107. The molecule has 0 aliphatic heterocycles. The molecule has 0 fully saturated rings. The average molecular weight is 277 g/mol. The molecule has 0 atom stereocenters. The Hall–Kier alpha value is -1.62. The lowest BCUT2D eigenvalue weighted by atomic mass is 9.92. The van der Waals surface area contributed by atoms with Gasteiger partial charge in [0.2, 0.25) is 0 Å². The molecule has 4 nitrogen and oxygen atoms in total. The van der Waals surface area contributed by atoms with Crippen molar-refractivity contribution in [2.24, 2.45) is 5.41 Å². The third-order valence-corrected chi connectivity index (χ3v) is 4.01. The number of nitrogens with one attached hydrogen (secondary N) is 1. The number of pyridine rings is 1. The zero-order valence-electron chi connectivity index (χ0n) is 11.5. The molecule has 2 heterocycles. The molecule has 0 radical (unpaired) electrons. The van der Waals surface area contributed by atoms with Gasteiger partial charge in [-0.05, 0) is 24.0 Å². The number of carbonyl (C=O) groups is 1. The summed E-state index contributed by atoms with van der Waals surface area (Å²) in [6.45, 7) is 7.11. The molecule has 0 saturated carbocycles. The minimum Gasteiger partial charge on any atom is -0.396 e. The number of aromatic nitrogens is 1. The highest BCUT2D eigenvalue weighted by atomic mass is 32.1. The summed E-state index contributed by atoms with van der Waals surface area (Å²) in [6.07, 6.45) is 2.62.